The predicted molar refractivity (Wildman–Crippen MR) is 100 cm³/mol. The third kappa shape index (κ3) is 3.45. The van der Waals surface area contributed by atoms with Crippen LogP contribution in [0.5, 0.6) is 0 Å². The second-order valence-corrected chi connectivity index (χ2v) is 5.94. The molecule has 0 aliphatic rings. The molecule has 0 radical (unpaired) electrons. The quantitative estimate of drug-likeness (QED) is 0.634. The van der Waals surface area contributed by atoms with Crippen molar-refractivity contribution in [1.29, 1.82) is 0 Å². The molecule has 134 valence electrons. The van der Waals surface area contributed by atoms with Gasteiger partial charge in [0, 0.05) is 25.0 Å². The fraction of sp³-hybridized carbons (Fsp3) is 0.474. The number of aromatic nitrogens is 3. The summed E-state index contributed by atoms with van der Waals surface area (Å²) >= 11 is 0. The van der Waals surface area contributed by atoms with E-state index in [0.29, 0.717) is 25.6 Å². The average molecular weight is 342 g/mol. The largest absolute Gasteiger partial charge is 0.382 e. The molecule has 0 bridgehead atoms. The van der Waals surface area contributed by atoms with Crippen molar-refractivity contribution in [3.8, 4) is 0 Å². The van der Waals surface area contributed by atoms with Crippen molar-refractivity contribution in [3.05, 3.63) is 30.1 Å². The van der Waals surface area contributed by atoms with Crippen LogP contribution in [-0.4, -0.2) is 34.0 Å². The van der Waals surface area contributed by atoms with Gasteiger partial charge in [-0.3, -0.25) is 0 Å². The highest BCUT2D eigenvalue weighted by Gasteiger charge is 2.20. The molecule has 3 rings (SSSR count). The van der Waals surface area contributed by atoms with Gasteiger partial charge in [-0.1, -0.05) is 25.1 Å². The summed E-state index contributed by atoms with van der Waals surface area (Å²) in [6.45, 7) is 7.88. The van der Waals surface area contributed by atoms with Gasteiger partial charge in [0.2, 0.25) is 0 Å². The smallest absolute Gasteiger partial charge is 0.175 e. The molecule has 0 saturated heterocycles. The lowest BCUT2D eigenvalue weighted by Gasteiger charge is -2.19. The number of imidazole rings is 1. The first-order chi connectivity index (χ1) is 12.2. The van der Waals surface area contributed by atoms with Gasteiger partial charge in [-0.25, -0.2) is 9.97 Å². The minimum absolute atomic E-state index is 0.309. The third-order valence-electron chi connectivity index (χ3n) is 4.20. The molecule has 6 heteroatoms. The highest BCUT2D eigenvalue weighted by molar-refractivity contribution is 6.06. The molecule has 25 heavy (non-hydrogen) atoms. The van der Waals surface area contributed by atoms with E-state index >= 15 is 0 Å². The molecule has 0 aliphatic heterocycles. The lowest BCUT2D eigenvalue weighted by Crippen LogP contribution is -2.24. The van der Waals surface area contributed by atoms with Gasteiger partial charge in [-0.2, -0.15) is 0 Å². The molecule has 0 spiro atoms. The monoisotopic (exact) mass is 342 g/mol. The van der Waals surface area contributed by atoms with Crippen LogP contribution in [0.15, 0.2) is 24.3 Å². The van der Waals surface area contributed by atoms with Crippen molar-refractivity contribution in [1.82, 2.24) is 14.5 Å². The van der Waals surface area contributed by atoms with E-state index in [1.54, 1.807) is 0 Å². The Kier molecular flexibility index (Phi) is 5.50. The fourth-order valence-corrected chi connectivity index (χ4v) is 3.19. The molecule has 3 aromatic rings. The Bertz CT molecular complexity index is 853. The summed E-state index contributed by atoms with van der Waals surface area (Å²) in [7, 11) is 0. The first-order valence-electron chi connectivity index (χ1n) is 8.96. The number of hydrogen-bond donors (Lipinski definition) is 1. The van der Waals surface area contributed by atoms with Gasteiger partial charge in [0.1, 0.15) is 11.3 Å². The van der Waals surface area contributed by atoms with Crippen LogP contribution in [0.1, 0.15) is 33.0 Å². The minimum Gasteiger partial charge on any atom is -0.382 e. The van der Waals surface area contributed by atoms with E-state index in [-0.39, 0.29) is 6.29 Å². The zero-order valence-electron chi connectivity index (χ0n) is 15.2. The van der Waals surface area contributed by atoms with Gasteiger partial charge < -0.3 is 19.8 Å². The number of nitrogens with two attached hydrogens (primary N) is 1. The van der Waals surface area contributed by atoms with Crippen molar-refractivity contribution in [2.45, 2.75) is 46.4 Å². The van der Waals surface area contributed by atoms with Gasteiger partial charge >= 0.3 is 0 Å². The summed E-state index contributed by atoms with van der Waals surface area (Å²) in [6.07, 6.45) is 1.56. The van der Waals surface area contributed by atoms with Crippen LogP contribution in [0, 0.1) is 0 Å². The van der Waals surface area contributed by atoms with Crippen LogP contribution in [0.4, 0.5) is 5.82 Å². The van der Waals surface area contributed by atoms with E-state index < -0.39 is 0 Å². The van der Waals surface area contributed by atoms with Gasteiger partial charge in [0.05, 0.1) is 17.6 Å². The van der Waals surface area contributed by atoms with Crippen LogP contribution in [0.25, 0.3) is 21.9 Å². The molecule has 2 aromatic heterocycles. The molecule has 0 amide bonds. The molecule has 1 aromatic carbocycles. The number of nitrogen functional groups attached to an aromatic ring is 1. The van der Waals surface area contributed by atoms with Crippen molar-refractivity contribution < 1.29 is 9.47 Å². The first-order valence-corrected chi connectivity index (χ1v) is 8.96. The van der Waals surface area contributed by atoms with Crippen LogP contribution >= 0.6 is 0 Å². The highest BCUT2D eigenvalue weighted by atomic mass is 16.7. The molecular formula is C19H26N4O2. The molecule has 0 aliphatic carbocycles. The number of benzene rings is 1. The third-order valence-corrected chi connectivity index (χ3v) is 4.20. The maximum absolute atomic E-state index is 6.20. The number of hydrogen-bond acceptors (Lipinski definition) is 5. The molecule has 6 nitrogen and oxygen atoms in total. The molecule has 0 fully saturated rings. The van der Waals surface area contributed by atoms with Crippen LogP contribution in [0.2, 0.25) is 0 Å². The number of rotatable bonds is 8. The fourth-order valence-electron chi connectivity index (χ4n) is 3.19. The van der Waals surface area contributed by atoms with E-state index in [0.717, 1.165) is 40.6 Å². The second kappa shape index (κ2) is 7.80. The Morgan fingerprint density at radius 2 is 1.80 bits per heavy atom. The normalized spacial score (nSPS) is 11.8. The van der Waals surface area contributed by atoms with Gasteiger partial charge in [-0.15, -0.1) is 0 Å². The number of fused-ring (bicyclic) bond motifs is 3. The van der Waals surface area contributed by atoms with E-state index in [2.05, 4.69) is 22.5 Å². The zero-order valence-corrected chi connectivity index (χ0v) is 15.2. The maximum atomic E-state index is 6.20. The number of nitrogens with zero attached hydrogens (tertiary/aromatic N) is 3. The van der Waals surface area contributed by atoms with E-state index in [1.807, 2.05) is 32.0 Å². The van der Waals surface area contributed by atoms with E-state index in [9.17, 15) is 0 Å². The number of ether oxygens (including phenoxy) is 2. The minimum atomic E-state index is -0.309. The van der Waals surface area contributed by atoms with Crippen molar-refractivity contribution in [2.75, 3.05) is 18.9 Å². The first kappa shape index (κ1) is 17.6. The lowest BCUT2D eigenvalue weighted by atomic mass is 10.2. The molecule has 2 N–H and O–H groups in total. The Hall–Kier alpha value is -2.18. The zero-order chi connectivity index (χ0) is 17.8. The van der Waals surface area contributed by atoms with Crippen LogP contribution in [0.3, 0.4) is 0 Å². The Labute approximate surface area is 148 Å². The van der Waals surface area contributed by atoms with Gasteiger partial charge in [-0.05, 0) is 26.3 Å². The molecule has 0 atom stereocenters. The number of anilines is 1. The lowest BCUT2D eigenvalue weighted by molar-refractivity contribution is -0.143. The highest BCUT2D eigenvalue weighted by Crippen LogP contribution is 2.29. The Morgan fingerprint density at radius 3 is 2.48 bits per heavy atom. The van der Waals surface area contributed by atoms with Crippen molar-refractivity contribution in [2.24, 2.45) is 0 Å². The molecule has 2 heterocycles. The summed E-state index contributed by atoms with van der Waals surface area (Å²) in [5.41, 5.74) is 8.84. The van der Waals surface area contributed by atoms with Crippen LogP contribution in [-0.2, 0) is 22.4 Å². The van der Waals surface area contributed by atoms with E-state index in [4.69, 9.17) is 20.2 Å². The molecular weight excluding hydrogens is 316 g/mol. The molecule has 0 saturated carbocycles. The van der Waals surface area contributed by atoms with Gasteiger partial charge in [0.25, 0.3) is 0 Å². The standard InChI is InChI=1S/C19H26N4O2/c1-4-9-15-22-17-18(23(15)12-16(24-5-2)25-6-3)13-10-7-8-11-14(13)21-19(17)20/h7-8,10-11,16H,4-6,9,12H2,1-3H3,(H2,20,21). The van der Waals surface area contributed by atoms with Crippen molar-refractivity contribution >= 4 is 27.8 Å². The SMILES string of the molecule is CCCc1nc2c(N)nc3ccccc3c2n1CC(OCC)OCC. The summed E-state index contributed by atoms with van der Waals surface area (Å²) < 4.78 is 13.7. The summed E-state index contributed by atoms with van der Waals surface area (Å²) in [5, 5.41) is 1.05. The topological polar surface area (TPSA) is 75.2 Å². The summed E-state index contributed by atoms with van der Waals surface area (Å²) in [6, 6.07) is 8.02. The van der Waals surface area contributed by atoms with E-state index in [1.165, 1.54) is 0 Å². The number of aryl methyl sites for hydroxylation is 1. The second-order valence-electron chi connectivity index (χ2n) is 5.94. The Morgan fingerprint density at radius 1 is 1.08 bits per heavy atom. The molecule has 0 unspecified atom stereocenters. The predicted octanol–water partition coefficient (Wildman–Crippen LogP) is 3.52. The van der Waals surface area contributed by atoms with Crippen LogP contribution < -0.4 is 5.73 Å². The number of para-hydroxylation sites is 1. The summed E-state index contributed by atoms with van der Waals surface area (Å²) in [5.74, 6) is 1.46. The Balaban J connectivity index is 2.20. The van der Waals surface area contributed by atoms with Crippen molar-refractivity contribution in [3.63, 3.8) is 0 Å². The average Bonchev–Trinajstić information content (AvgIpc) is 2.95. The number of pyridine rings is 1. The van der Waals surface area contributed by atoms with Gasteiger partial charge in [0.15, 0.2) is 12.1 Å². The maximum Gasteiger partial charge on any atom is 0.175 e. The summed E-state index contributed by atoms with van der Waals surface area (Å²) in [4.78, 5) is 9.30.